The third kappa shape index (κ3) is 3.97. The van der Waals surface area contributed by atoms with E-state index in [1.807, 2.05) is 13.8 Å². The van der Waals surface area contributed by atoms with Crippen LogP contribution in [0.1, 0.15) is 59.8 Å². The van der Waals surface area contributed by atoms with Crippen molar-refractivity contribution in [3.05, 3.63) is 26.3 Å². The van der Waals surface area contributed by atoms with E-state index in [0.717, 1.165) is 35.5 Å². The average molecular weight is 264 g/mol. The second-order valence-corrected chi connectivity index (χ2v) is 6.09. The van der Waals surface area contributed by atoms with Crippen LogP contribution in [0.15, 0.2) is 26.3 Å². The molecule has 0 saturated heterocycles. The lowest BCUT2D eigenvalue weighted by Crippen LogP contribution is -2.33. The summed E-state index contributed by atoms with van der Waals surface area (Å²) in [5.41, 5.74) is 0. The summed E-state index contributed by atoms with van der Waals surface area (Å²) in [6.07, 6.45) is 7.88. The summed E-state index contributed by atoms with van der Waals surface area (Å²) in [5, 5.41) is 0. The summed E-state index contributed by atoms with van der Waals surface area (Å²) in [6, 6.07) is 0. The molecule has 112 valence electrons. The normalized spacial score (nSPS) is 41.5. The zero-order valence-electron chi connectivity index (χ0n) is 13.8. The summed E-state index contributed by atoms with van der Waals surface area (Å²) >= 11 is 0. The lowest BCUT2D eigenvalue weighted by molar-refractivity contribution is 0.0854. The highest BCUT2D eigenvalue weighted by atomic mass is 14.5. The van der Waals surface area contributed by atoms with E-state index in [1.54, 1.807) is 32.1 Å². The topological polar surface area (TPSA) is 0 Å². The van der Waals surface area contributed by atoms with Gasteiger partial charge in [-0.25, -0.2) is 0 Å². The van der Waals surface area contributed by atoms with Gasteiger partial charge in [0, 0.05) is 0 Å². The van der Waals surface area contributed by atoms with Crippen molar-refractivity contribution in [3.8, 4) is 0 Å². The summed E-state index contributed by atoms with van der Waals surface area (Å²) in [7, 11) is 0. The second kappa shape index (κ2) is 9.39. The molecule has 3 saturated carbocycles. The first-order valence-electron chi connectivity index (χ1n) is 8.25. The predicted molar refractivity (Wildman–Crippen MR) is 89.2 cm³/mol. The smallest absolute Gasteiger partial charge is 0.0352 e. The summed E-state index contributed by atoms with van der Waals surface area (Å²) in [4.78, 5) is 0. The van der Waals surface area contributed by atoms with Crippen LogP contribution in [0, 0.1) is 35.5 Å². The lowest BCUT2D eigenvalue weighted by atomic mass is 9.64. The molecule has 0 spiro atoms. The maximum absolute atomic E-state index is 3.00. The number of fused-ring (bicyclic) bond motifs is 5. The van der Waals surface area contributed by atoms with Crippen molar-refractivity contribution >= 4 is 0 Å². The third-order valence-corrected chi connectivity index (χ3v) is 5.53. The zero-order valence-corrected chi connectivity index (χ0v) is 13.8. The van der Waals surface area contributed by atoms with Crippen molar-refractivity contribution in [1.29, 1.82) is 0 Å². The standard InChI is InChI=1S/C13H22.C2H6.2C2H4/c1-8-5-12-10-3-4-11(7-10)13(12)6-9(8)2;3*1-2/h8-13H,3-7H2,1-2H3;1-2H3;2*1-2H2/t8-,9+,10+,11?,12?,13?;;;/m1.../s1. The molecular formula is C19H36. The number of hydrogen-bond acceptors (Lipinski definition) is 0. The van der Waals surface area contributed by atoms with Crippen LogP contribution in [0.2, 0.25) is 0 Å². The molecule has 19 heavy (non-hydrogen) atoms. The van der Waals surface area contributed by atoms with Crippen LogP contribution in [-0.4, -0.2) is 0 Å². The van der Waals surface area contributed by atoms with E-state index in [4.69, 9.17) is 0 Å². The van der Waals surface area contributed by atoms with Crippen LogP contribution in [-0.2, 0) is 0 Å². The molecule has 3 fully saturated rings. The Balaban J connectivity index is 0.000000482. The molecular weight excluding hydrogens is 228 g/mol. The fourth-order valence-electron chi connectivity index (χ4n) is 4.59. The molecule has 0 radical (unpaired) electrons. The first kappa shape index (κ1) is 18.5. The van der Waals surface area contributed by atoms with Gasteiger partial charge in [-0.2, -0.15) is 0 Å². The SMILES string of the molecule is C=C.C=C.CC.C[C@@H]1CC2C(C[C@@H]1C)C1CC[C@H]2C1. The molecule has 0 N–H and O–H groups in total. The van der Waals surface area contributed by atoms with Gasteiger partial charge in [0.05, 0.1) is 0 Å². The highest BCUT2D eigenvalue weighted by Crippen LogP contribution is 2.59. The Bertz CT molecular complexity index is 208. The van der Waals surface area contributed by atoms with Crippen LogP contribution in [0.4, 0.5) is 0 Å². The van der Waals surface area contributed by atoms with Gasteiger partial charge in [-0.3, -0.25) is 0 Å². The van der Waals surface area contributed by atoms with Crippen LogP contribution in [0.5, 0.6) is 0 Å². The van der Waals surface area contributed by atoms with Crippen molar-refractivity contribution < 1.29 is 0 Å². The summed E-state index contributed by atoms with van der Waals surface area (Å²) in [5.74, 6) is 6.66. The molecule has 3 aliphatic rings. The van der Waals surface area contributed by atoms with E-state index in [2.05, 4.69) is 40.2 Å². The van der Waals surface area contributed by atoms with Crippen molar-refractivity contribution in [2.45, 2.75) is 59.8 Å². The summed E-state index contributed by atoms with van der Waals surface area (Å²) in [6.45, 7) is 21.0. The van der Waals surface area contributed by atoms with Gasteiger partial charge in [-0.15, -0.1) is 26.3 Å². The highest BCUT2D eigenvalue weighted by Gasteiger charge is 2.50. The third-order valence-electron chi connectivity index (χ3n) is 5.53. The van der Waals surface area contributed by atoms with Gasteiger partial charge in [0.25, 0.3) is 0 Å². The highest BCUT2D eigenvalue weighted by molar-refractivity contribution is 4.99. The molecule has 0 aromatic carbocycles. The van der Waals surface area contributed by atoms with E-state index >= 15 is 0 Å². The molecule has 0 aromatic rings. The Morgan fingerprint density at radius 3 is 1.26 bits per heavy atom. The maximum Gasteiger partial charge on any atom is -0.0352 e. The first-order valence-corrected chi connectivity index (χ1v) is 8.25. The largest absolute Gasteiger partial charge is 0.106 e. The van der Waals surface area contributed by atoms with Gasteiger partial charge in [-0.05, 0) is 67.6 Å². The molecule has 3 rings (SSSR count). The Hall–Kier alpha value is -0.520. The minimum atomic E-state index is 1.01. The molecule has 3 aliphatic carbocycles. The van der Waals surface area contributed by atoms with Gasteiger partial charge in [0.2, 0.25) is 0 Å². The zero-order chi connectivity index (χ0) is 15.0. The maximum atomic E-state index is 3.00. The molecule has 0 heterocycles. The van der Waals surface area contributed by atoms with Gasteiger partial charge >= 0.3 is 0 Å². The van der Waals surface area contributed by atoms with Crippen LogP contribution >= 0.6 is 0 Å². The average Bonchev–Trinajstić information content (AvgIpc) is 3.08. The Kier molecular flexibility index (Phi) is 9.14. The fourth-order valence-corrected chi connectivity index (χ4v) is 4.59. The lowest BCUT2D eigenvalue weighted by Gasteiger charge is -2.41. The quantitative estimate of drug-likeness (QED) is 0.447. The van der Waals surface area contributed by atoms with Gasteiger partial charge < -0.3 is 0 Å². The molecule has 0 heteroatoms. The van der Waals surface area contributed by atoms with Gasteiger partial charge in [0.15, 0.2) is 0 Å². The second-order valence-electron chi connectivity index (χ2n) is 6.09. The molecule has 0 aliphatic heterocycles. The minimum Gasteiger partial charge on any atom is -0.106 e. The Morgan fingerprint density at radius 2 is 0.947 bits per heavy atom. The van der Waals surface area contributed by atoms with E-state index < -0.39 is 0 Å². The monoisotopic (exact) mass is 264 g/mol. The molecule has 3 unspecified atom stereocenters. The van der Waals surface area contributed by atoms with E-state index in [9.17, 15) is 0 Å². The van der Waals surface area contributed by atoms with Crippen molar-refractivity contribution in [2.75, 3.05) is 0 Å². The van der Waals surface area contributed by atoms with Crippen LogP contribution in [0.3, 0.4) is 0 Å². The Morgan fingerprint density at radius 1 is 0.632 bits per heavy atom. The van der Waals surface area contributed by atoms with Crippen molar-refractivity contribution in [2.24, 2.45) is 35.5 Å². The summed E-state index contributed by atoms with van der Waals surface area (Å²) < 4.78 is 0. The van der Waals surface area contributed by atoms with Gasteiger partial charge in [-0.1, -0.05) is 27.7 Å². The molecule has 2 bridgehead atoms. The molecule has 0 aromatic heterocycles. The molecule has 0 amide bonds. The first-order chi connectivity index (χ1) is 9.25. The molecule has 6 atom stereocenters. The predicted octanol–water partition coefficient (Wildman–Crippen LogP) is 6.35. The van der Waals surface area contributed by atoms with E-state index in [-0.39, 0.29) is 0 Å². The Labute approximate surface area is 122 Å². The van der Waals surface area contributed by atoms with Crippen LogP contribution in [0.25, 0.3) is 0 Å². The number of rotatable bonds is 0. The van der Waals surface area contributed by atoms with Gasteiger partial charge in [0.1, 0.15) is 0 Å². The van der Waals surface area contributed by atoms with Crippen molar-refractivity contribution in [1.82, 2.24) is 0 Å². The molecule has 0 nitrogen and oxygen atoms in total. The number of hydrogen-bond donors (Lipinski definition) is 0. The van der Waals surface area contributed by atoms with E-state index in [0.29, 0.717) is 0 Å². The fraction of sp³-hybridized carbons (Fsp3) is 0.789. The van der Waals surface area contributed by atoms with E-state index in [1.165, 1.54) is 0 Å². The van der Waals surface area contributed by atoms with Crippen LogP contribution < -0.4 is 0 Å². The van der Waals surface area contributed by atoms with Crippen molar-refractivity contribution in [3.63, 3.8) is 0 Å². The minimum absolute atomic E-state index is 1.01.